The molecular formula is C22H23F3N6O2. The molecule has 1 N–H and O–H groups in total. The fraction of sp³-hybridized carbons (Fsp3) is 0.364. The van der Waals surface area contributed by atoms with Crippen LogP contribution in [0.4, 0.5) is 23.7 Å². The van der Waals surface area contributed by atoms with Crippen molar-refractivity contribution in [2.45, 2.75) is 24.9 Å². The van der Waals surface area contributed by atoms with Gasteiger partial charge in [-0.3, -0.25) is 9.20 Å². The van der Waals surface area contributed by atoms with Crippen molar-refractivity contribution in [1.29, 1.82) is 0 Å². The molecule has 4 rings (SSSR count). The van der Waals surface area contributed by atoms with Crippen LogP contribution in [0.3, 0.4) is 0 Å². The summed E-state index contributed by atoms with van der Waals surface area (Å²) in [6.45, 7) is 0.614. The van der Waals surface area contributed by atoms with E-state index >= 15 is 0 Å². The van der Waals surface area contributed by atoms with Crippen LogP contribution in [0, 0.1) is 0 Å². The number of piperidine rings is 1. The maximum Gasteiger partial charge on any atom is 0.416 e. The normalized spacial score (nSPS) is 15.0. The zero-order valence-corrected chi connectivity index (χ0v) is 18.1. The van der Waals surface area contributed by atoms with Gasteiger partial charge in [0, 0.05) is 33.4 Å². The Balaban J connectivity index is 1.50. The number of nitrogens with zero attached hydrogens (tertiary/aromatic N) is 5. The summed E-state index contributed by atoms with van der Waals surface area (Å²) in [5.74, 6) is -0.559. The number of nitrogens with one attached hydrogen (secondary N) is 1. The van der Waals surface area contributed by atoms with Gasteiger partial charge in [0.1, 0.15) is 0 Å². The summed E-state index contributed by atoms with van der Waals surface area (Å²) in [5.41, 5.74) is 0.560. The predicted octanol–water partition coefficient (Wildman–Crippen LogP) is 3.86. The minimum atomic E-state index is -4.41. The molecule has 0 saturated carbocycles. The molecule has 0 atom stereocenters. The molecule has 2 aromatic heterocycles. The van der Waals surface area contributed by atoms with E-state index in [1.54, 1.807) is 43.4 Å². The number of hydrogen-bond acceptors (Lipinski definition) is 4. The highest BCUT2D eigenvalue weighted by molar-refractivity contribution is 5.92. The van der Waals surface area contributed by atoms with Crippen LogP contribution in [0.1, 0.15) is 40.5 Å². The van der Waals surface area contributed by atoms with Crippen LogP contribution in [-0.2, 0) is 6.18 Å². The number of carbonyl (C=O) groups is 2. The topological polar surface area (TPSA) is 82.8 Å². The monoisotopic (exact) mass is 460 g/mol. The predicted molar refractivity (Wildman–Crippen MR) is 115 cm³/mol. The first-order valence-corrected chi connectivity index (χ1v) is 10.4. The second-order valence-corrected chi connectivity index (χ2v) is 8.15. The van der Waals surface area contributed by atoms with Crippen LogP contribution in [0.15, 0.2) is 42.6 Å². The highest BCUT2D eigenvalue weighted by atomic mass is 19.4. The number of hydrogen-bond donors (Lipinski definition) is 1. The van der Waals surface area contributed by atoms with Crippen LogP contribution < -0.4 is 5.32 Å². The Morgan fingerprint density at radius 3 is 2.42 bits per heavy atom. The van der Waals surface area contributed by atoms with Gasteiger partial charge in [-0.15, -0.1) is 10.2 Å². The lowest BCUT2D eigenvalue weighted by Gasteiger charge is -2.32. The van der Waals surface area contributed by atoms with Crippen molar-refractivity contribution in [1.82, 2.24) is 24.4 Å². The van der Waals surface area contributed by atoms with Gasteiger partial charge >= 0.3 is 12.2 Å². The van der Waals surface area contributed by atoms with Gasteiger partial charge in [0.25, 0.3) is 5.91 Å². The molecule has 0 bridgehead atoms. The van der Waals surface area contributed by atoms with Crippen molar-refractivity contribution in [3.05, 3.63) is 59.5 Å². The van der Waals surface area contributed by atoms with Crippen molar-refractivity contribution in [3.8, 4) is 0 Å². The average molecular weight is 460 g/mol. The first-order chi connectivity index (χ1) is 15.6. The van der Waals surface area contributed by atoms with E-state index in [9.17, 15) is 22.8 Å². The van der Waals surface area contributed by atoms with Crippen LogP contribution >= 0.6 is 0 Å². The van der Waals surface area contributed by atoms with E-state index in [0.717, 1.165) is 6.07 Å². The van der Waals surface area contributed by atoms with E-state index < -0.39 is 11.7 Å². The molecule has 1 aromatic carbocycles. The Morgan fingerprint density at radius 2 is 1.76 bits per heavy atom. The van der Waals surface area contributed by atoms with Crippen LogP contribution in [0.25, 0.3) is 5.65 Å². The van der Waals surface area contributed by atoms with E-state index in [1.165, 1.54) is 21.4 Å². The van der Waals surface area contributed by atoms with Crippen molar-refractivity contribution < 1.29 is 22.8 Å². The second kappa shape index (κ2) is 8.72. The maximum atomic E-state index is 13.4. The van der Waals surface area contributed by atoms with Crippen LogP contribution in [0.5, 0.6) is 0 Å². The molecule has 1 aliphatic heterocycles. The molecule has 8 nitrogen and oxygen atoms in total. The number of halogens is 3. The molecule has 33 heavy (non-hydrogen) atoms. The average Bonchev–Trinajstić information content (AvgIpc) is 3.21. The molecule has 0 radical (unpaired) electrons. The van der Waals surface area contributed by atoms with Gasteiger partial charge in [-0.2, -0.15) is 13.2 Å². The van der Waals surface area contributed by atoms with Gasteiger partial charge in [0.15, 0.2) is 5.65 Å². The highest BCUT2D eigenvalue weighted by Crippen LogP contribution is 2.38. The minimum absolute atomic E-state index is 0.0834. The first-order valence-electron chi connectivity index (χ1n) is 10.4. The van der Waals surface area contributed by atoms with E-state index in [1.807, 2.05) is 0 Å². The van der Waals surface area contributed by atoms with Crippen molar-refractivity contribution in [2.24, 2.45) is 0 Å². The zero-order chi connectivity index (χ0) is 23.8. The van der Waals surface area contributed by atoms with E-state index in [0.29, 0.717) is 37.3 Å². The van der Waals surface area contributed by atoms with E-state index in [2.05, 4.69) is 15.5 Å². The molecule has 174 valence electrons. The second-order valence-electron chi connectivity index (χ2n) is 8.15. The Morgan fingerprint density at radius 1 is 1.06 bits per heavy atom. The summed E-state index contributed by atoms with van der Waals surface area (Å²) in [4.78, 5) is 28.0. The highest BCUT2D eigenvalue weighted by Gasteiger charge is 2.36. The van der Waals surface area contributed by atoms with Crippen LogP contribution in [0.2, 0.25) is 0 Å². The summed E-state index contributed by atoms with van der Waals surface area (Å²) in [7, 11) is 3.22. The number of alkyl halides is 3. The largest absolute Gasteiger partial charge is 0.416 e. The third kappa shape index (κ3) is 4.62. The van der Waals surface area contributed by atoms with E-state index in [-0.39, 0.29) is 29.2 Å². The maximum absolute atomic E-state index is 13.4. The molecule has 0 spiro atoms. The number of aromatic nitrogens is 3. The van der Waals surface area contributed by atoms with Crippen molar-refractivity contribution in [3.63, 3.8) is 0 Å². The fourth-order valence-electron chi connectivity index (χ4n) is 3.99. The van der Waals surface area contributed by atoms with Gasteiger partial charge in [0.2, 0.25) is 5.82 Å². The summed E-state index contributed by atoms with van der Waals surface area (Å²) in [5, 5.41) is 10.7. The number of likely N-dealkylation sites (tertiary alicyclic amines) is 1. The molecule has 11 heteroatoms. The Kier molecular flexibility index (Phi) is 5.96. The quantitative estimate of drug-likeness (QED) is 0.644. The number of carbonyl (C=O) groups excluding carboxylic acids is 2. The fourth-order valence-corrected chi connectivity index (χ4v) is 3.99. The Labute approximate surface area is 188 Å². The third-order valence-corrected chi connectivity index (χ3v) is 5.74. The van der Waals surface area contributed by atoms with Gasteiger partial charge in [-0.1, -0.05) is 18.2 Å². The molecular weight excluding hydrogens is 437 g/mol. The lowest BCUT2D eigenvalue weighted by molar-refractivity contribution is -0.138. The number of rotatable bonds is 3. The molecule has 1 aliphatic rings. The molecule has 0 aliphatic carbocycles. The summed E-state index contributed by atoms with van der Waals surface area (Å²) >= 11 is 0. The zero-order valence-electron chi connectivity index (χ0n) is 18.1. The first kappa shape index (κ1) is 22.6. The Hall–Kier alpha value is -3.63. The van der Waals surface area contributed by atoms with Gasteiger partial charge in [0.05, 0.1) is 11.3 Å². The molecule has 3 amide bonds. The number of urea groups is 1. The lowest BCUT2D eigenvalue weighted by atomic mass is 9.86. The van der Waals surface area contributed by atoms with E-state index in [4.69, 9.17) is 0 Å². The molecule has 1 fully saturated rings. The number of benzene rings is 1. The standard InChI is InChI=1S/C22H23F3N6O2/c1-29(2)21(33)26-15-7-8-18-27-28-19(31(18)13-15)20(32)30-11-9-14(10-12-30)16-5-3-4-6-17(16)22(23,24)25/h3-8,13-14H,9-12H2,1-2H3,(H,26,33). The van der Waals surface area contributed by atoms with Crippen LogP contribution in [-0.4, -0.2) is 63.5 Å². The van der Waals surface area contributed by atoms with Gasteiger partial charge in [-0.25, -0.2) is 4.79 Å². The molecule has 0 unspecified atom stereocenters. The third-order valence-electron chi connectivity index (χ3n) is 5.74. The van der Waals surface area contributed by atoms with Crippen molar-refractivity contribution >= 4 is 23.3 Å². The van der Waals surface area contributed by atoms with Gasteiger partial charge in [-0.05, 0) is 42.5 Å². The number of amides is 3. The molecule has 3 heterocycles. The molecule has 1 saturated heterocycles. The SMILES string of the molecule is CN(C)C(=O)Nc1ccc2nnc(C(=O)N3CCC(c4ccccc4C(F)(F)F)CC3)n2c1. The van der Waals surface area contributed by atoms with Gasteiger partial charge < -0.3 is 15.1 Å². The van der Waals surface area contributed by atoms with Crippen molar-refractivity contribution in [2.75, 3.05) is 32.5 Å². The summed E-state index contributed by atoms with van der Waals surface area (Å²) in [6, 6.07) is 8.57. The Bertz CT molecular complexity index is 1180. The smallest absolute Gasteiger partial charge is 0.336 e. The summed E-state index contributed by atoms with van der Waals surface area (Å²) in [6.07, 6.45) is -2.01. The number of fused-ring (bicyclic) bond motifs is 1. The summed E-state index contributed by atoms with van der Waals surface area (Å²) < 4.78 is 41.7. The lowest BCUT2D eigenvalue weighted by Crippen LogP contribution is -2.39. The molecule has 3 aromatic rings. The number of anilines is 1. The minimum Gasteiger partial charge on any atom is -0.336 e. The number of pyridine rings is 1.